The molecule has 0 aromatic heterocycles. The molecule has 29 heavy (non-hydrogen) atoms. The van der Waals surface area contributed by atoms with E-state index < -0.39 is 6.10 Å². The molecule has 0 radical (unpaired) electrons. The minimum absolute atomic E-state index is 0.0240. The molecule has 0 unspecified atom stereocenters. The maximum absolute atomic E-state index is 12.8. The lowest BCUT2D eigenvalue weighted by Crippen LogP contribution is -2.33. The van der Waals surface area contributed by atoms with Gasteiger partial charge >= 0.3 is 0 Å². The van der Waals surface area contributed by atoms with E-state index in [0.717, 1.165) is 50.9 Å². The quantitative estimate of drug-likeness (QED) is 0.829. The first-order valence-electron chi connectivity index (χ1n) is 10.6. The first-order valence-corrected chi connectivity index (χ1v) is 10.6. The monoisotopic (exact) mass is 392 g/mol. The Bertz CT molecular complexity index is 903. The molecule has 1 aliphatic carbocycles. The Hall–Kier alpha value is -2.82. The predicted molar refractivity (Wildman–Crippen MR) is 113 cm³/mol. The van der Waals surface area contributed by atoms with E-state index in [0.29, 0.717) is 11.3 Å². The van der Waals surface area contributed by atoms with Crippen LogP contribution in [0, 0.1) is 0 Å². The fourth-order valence-electron chi connectivity index (χ4n) is 4.20. The highest BCUT2D eigenvalue weighted by Gasteiger charge is 2.24. The highest BCUT2D eigenvalue weighted by molar-refractivity contribution is 6.04. The van der Waals surface area contributed by atoms with Crippen LogP contribution in [-0.4, -0.2) is 35.9 Å². The fourth-order valence-corrected chi connectivity index (χ4v) is 4.20. The molecule has 152 valence electrons. The van der Waals surface area contributed by atoms with E-state index in [1.807, 2.05) is 29.2 Å². The molecule has 1 saturated heterocycles. The third kappa shape index (κ3) is 4.29. The number of hydrogen-bond donors (Lipinski definition) is 1. The number of carbonyl (C=O) groups excluding carboxylic acids is 2. The molecule has 1 atom stereocenters. The zero-order chi connectivity index (χ0) is 20.2. The largest absolute Gasteiger partial charge is 0.481 e. The second-order valence-electron chi connectivity index (χ2n) is 7.90. The molecule has 0 spiro atoms. The summed E-state index contributed by atoms with van der Waals surface area (Å²) in [6, 6.07) is 13.3. The molecule has 0 bridgehead atoms. The second kappa shape index (κ2) is 8.68. The average molecular weight is 392 g/mol. The van der Waals surface area contributed by atoms with E-state index >= 15 is 0 Å². The first kappa shape index (κ1) is 19.5. The fraction of sp³-hybridized carbons (Fsp3) is 0.417. The Labute approximate surface area is 172 Å². The zero-order valence-corrected chi connectivity index (χ0v) is 16.9. The van der Waals surface area contributed by atoms with Crippen molar-refractivity contribution in [2.24, 2.45) is 0 Å². The van der Waals surface area contributed by atoms with Crippen molar-refractivity contribution in [3.63, 3.8) is 0 Å². The molecule has 5 heteroatoms. The van der Waals surface area contributed by atoms with Crippen LogP contribution in [0.3, 0.4) is 0 Å². The lowest BCUT2D eigenvalue weighted by molar-refractivity contribution is -0.122. The molecule has 1 heterocycles. The number of fused-ring (bicyclic) bond motifs is 1. The van der Waals surface area contributed by atoms with E-state index in [9.17, 15) is 9.59 Å². The SMILES string of the molecule is C[C@H](Oc1cccc2c1CCCC2)C(=O)Nc1ccccc1C(=O)N1CCCC1. The molecule has 0 saturated carbocycles. The van der Waals surface area contributed by atoms with Gasteiger partial charge in [0.25, 0.3) is 11.8 Å². The van der Waals surface area contributed by atoms with Crippen molar-refractivity contribution >= 4 is 17.5 Å². The van der Waals surface area contributed by atoms with Gasteiger partial charge in [-0.1, -0.05) is 24.3 Å². The van der Waals surface area contributed by atoms with Gasteiger partial charge in [-0.2, -0.15) is 0 Å². The number of anilines is 1. The Morgan fingerprint density at radius 2 is 1.72 bits per heavy atom. The molecular weight excluding hydrogens is 364 g/mol. The smallest absolute Gasteiger partial charge is 0.265 e. The van der Waals surface area contributed by atoms with E-state index in [1.165, 1.54) is 17.5 Å². The summed E-state index contributed by atoms with van der Waals surface area (Å²) in [5, 5.41) is 2.90. The summed E-state index contributed by atoms with van der Waals surface area (Å²) in [5.41, 5.74) is 3.62. The Balaban J connectivity index is 1.47. The number of carbonyl (C=O) groups is 2. The topological polar surface area (TPSA) is 58.6 Å². The summed E-state index contributed by atoms with van der Waals surface area (Å²) < 4.78 is 6.04. The highest BCUT2D eigenvalue weighted by atomic mass is 16.5. The van der Waals surface area contributed by atoms with Crippen molar-refractivity contribution < 1.29 is 14.3 Å². The maximum Gasteiger partial charge on any atom is 0.265 e. The Morgan fingerprint density at radius 1 is 0.966 bits per heavy atom. The number of para-hydroxylation sites is 1. The number of likely N-dealkylation sites (tertiary alicyclic amines) is 1. The van der Waals surface area contributed by atoms with Crippen LogP contribution < -0.4 is 10.1 Å². The Morgan fingerprint density at radius 3 is 2.55 bits per heavy atom. The summed E-state index contributed by atoms with van der Waals surface area (Å²) in [4.78, 5) is 27.5. The van der Waals surface area contributed by atoms with Gasteiger partial charge in [0, 0.05) is 13.1 Å². The molecular formula is C24H28N2O3. The normalized spacial score (nSPS) is 16.8. The number of amides is 2. The van der Waals surface area contributed by atoms with Gasteiger partial charge in [0.1, 0.15) is 5.75 Å². The summed E-state index contributed by atoms with van der Waals surface area (Å²) >= 11 is 0. The van der Waals surface area contributed by atoms with Crippen molar-refractivity contribution in [3.8, 4) is 5.75 Å². The zero-order valence-electron chi connectivity index (χ0n) is 16.9. The average Bonchev–Trinajstić information content (AvgIpc) is 3.29. The number of rotatable bonds is 5. The van der Waals surface area contributed by atoms with E-state index in [1.54, 1.807) is 19.1 Å². The molecule has 1 fully saturated rings. The predicted octanol–water partition coefficient (Wildman–Crippen LogP) is 4.21. The number of hydrogen-bond acceptors (Lipinski definition) is 3. The van der Waals surface area contributed by atoms with Crippen LogP contribution in [0.25, 0.3) is 0 Å². The van der Waals surface area contributed by atoms with Gasteiger partial charge in [0.2, 0.25) is 0 Å². The number of benzene rings is 2. The van der Waals surface area contributed by atoms with E-state index in [-0.39, 0.29) is 11.8 Å². The molecule has 5 nitrogen and oxygen atoms in total. The number of nitrogens with zero attached hydrogens (tertiary/aromatic N) is 1. The van der Waals surface area contributed by atoms with Crippen LogP contribution >= 0.6 is 0 Å². The summed E-state index contributed by atoms with van der Waals surface area (Å²) in [5.74, 6) is 0.524. The van der Waals surface area contributed by atoms with Crippen molar-refractivity contribution in [2.75, 3.05) is 18.4 Å². The highest BCUT2D eigenvalue weighted by Crippen LogP contribution is 2.30. The third-order valence-electron chi connectivity index (χ3n) is 5.83. The summed E-state index contributed by atoms with van der Waals surface area (Å²) in [6.07, 6.45) is 5.83. The summed E-state index contributed by atoms with van der Waals surface area (Å²) in [6.45, 7) is 3.31. The maximum atomic E-state index is 12.8. The van der Waals surface area contributed by atoms with Gasteiger partial charge < -0.3 is 15.0 Å². The first-order chi connectivity index (χ1) is 14.1. The van der Waals surface area contributed by atoms with Crippen LogP contribution in [-0.2, 0) is 17.6 Å². The second-order valence-corrected chi connectivity index (χ2v) is 7.90. The molecule has 2 aromatic carbocycles. The van der Waals surface area contributed by atoms with Gasteiger partial charge in [-0.25, -0.2) is 0 Å². The van der Waals surface area contributed by atoms with Gasteiger partial charge in [-0.05, 0) is 74.8 Å². The van der Waals surface area contributed by atoms with Crippen LogP contribution in [0.5, 0.6) is 5.75 Å². The van der Waals surface area contributed by atoms with Crippen LogP contribution in [0.4, 0.5) is 5.69 Å². The third-order valence-corrected chi connectivity index (χ3v) is 5.83. The van der Waals surface area contributed by atoms with Gasteiger partial charge in [0.15, 0.2) is 6.10 Å². The van der Waals surface area contributed by atoms with E-state index in [2.05, 4.69) is 11.4 Å². The summed E-state index contributed by atoms with van der Waals surface area (Å²) in [7, 11) is 0. The number of ether oxygens (including phenoxy) is 1. The van der Waals surface area contributed by atoms with Crippen molar-refractivity contribution in [1.82, 2.24) is 4.90 Å². The molecule has 2 aromatic rings. The lowest BCUT2D eigenvalue weighted by Gasteiger charge is -2.22. The molecule has 1 aliphatic heterocycles. The minimum atomic E-state index is -0.654. The van der Waals surface area contributed by atoms with E-state index in [4.69, 9.17) is 4.74 Å². The van der Waals surface area contributed by atoms with Crippen molar-refractivity contribution in [3.05, 3.63) is 59.2 Å². The standard InChI is InChI=1S/C24H28N2O3/c1-17(29-22-14-8-10-18-9-2-3-11-19(18)22)23(27)25-21-13-5-4-12-20(21)24(28)26-15-6-7-16-26/h4-5,8,10,12-14,17H,2-3,6-7,9,11,15-16H2,1H3,(H,25,27)/t17-/m0/s1. The van der Waals surface area contributed by atoms with Crippen molar-refractivity contribution in [2.45, 2.75) is 51.6 Å². The molecule has 4 rings (SSSR count). The van der Waals surface area contributed by atoms with Crippen LogP contribution in [0.2, 0.25) is 0 Å². The molecule has 2 amide bonds. The number of nitrogens with one attached hydrogen (secondary N) is 1. The lowest BCUT2D eigenvalue weighted by atomic mass is 9.91. The van der Waals surface area contributed by atoms with Crippen molar-refractivity contribution in [1.29, 1.82) is 0 Å². The Kier molecular flexibility index (Phi) is 5.84. The van der Waals surface area contributed by atoms with Gasteiger partial charge in [-0.15, -0.1) is 0 Å². The van der Waals surface area contributed by atoms with Gasteiger partial charge in [-0.3, -0.25) is 9.59 Å². The van der Waals surface area contributed by atoms with Gasteiger partial charge in [0.05, 0.1) is 11.3 Å². The van der Waals surface area contributed by atoms with Crippen LogP contribution in [0.1, 0.15) is 54.1 Å². The molecule has 2 aliphatic rings. The minimum Gasteiger partial charge on any atom is -0.481 e. The van der Waals surface area contributed by atoms with Crippen LogP contribution in [0.15, 0.2) is 42.5 Å². The number of aryl methyl sites for hydroxylation is 1. The molecule has 1 N–H and O–H groups in total.